The van der Waals surface area contributed by atoms with E-state index in [-0.39, 0.29) is 11.8 Å². The summed E-state index contributed by atoms with van der Waals surface area (Å²) in [4.78, 5) is 31.1. The summed E-state index contributed by atoms with van der Waals surface area (Å²) in [6.45, 7) is 9.38. The SMILES string of the molecule is CCN(CC)C(=O)CN1CCCN(C(=O)c2cccc(COC)c2)CC1. The van der Waals surface area contributed by atoms with Crippen molar-refractivity contribution in [3.05, 3.63) is 35.4 Å². The van der Waals surface area contributed by atoms with Crippen molar-refractivity contribution in [2.75, 3.05) is 52.9 Å². The first kappa shape index (κ1) is 20.4. The molecule has 1 aromatic rings. The molecule has 1 heterocycles. The predicted octanol–water partition coefficient (Wildman–Crippen LogP) is 1.85. The number of carbonyl (C=O) groups is 2. The van der Waals surface area contributed by atoms with Gasteiger partial charge in [-0.25, -0.2) is 0 Å². The molecule has 1 aromatic carbocycles. The molecule has 2 amide bonds. The molecule has 144 valence electrons. The van der Waals surface area contributed by atoms with E-state index in [1.54, 1.807) is 7.11 Å². The van der Waals surface area contributed by atoms with Gasteiger partial charge in [0.25, 0.3) is 5.91 Å². The van der Waals surface area contributed by atoms with Crippen molar-refractivity contribution in [3.63, 3.8) is 0 Å². The molecule has 0 spiro atoms. The molecule has 1 aliphatic heterocycles. The highest BCUT2D eigenvalue weighted by atomic mass is 16.5. The third-order valence-corrected chi connectivity index (χ3v) is 4.84. The number of amides is 2. The van der Waals surface area contributed by atoms with Gasteiger partial charge < -0.3 is 14.5 Å². The number of hydrogen-bond donors (Lipinski definition) is 0. The number of methoxy groups -OCH3 is 1. The van der Waals surface area contributed by atoms with Gasteiger partial charge in [0.1, 0.15) is 0 Å². The molecule has 0 atom stereocenters. The number of likely N-dealkylation sites (N-methyl/N-ethyl adjacent to an activating group) is 1. The molecule has 0 aliphatic carbocycles. The zero-order valence-electron chi connectivity index (χ0n) is 16.2. The summed E-state index contributed by atoms with van der Waals surface area (Å²) < 4.78 is 5.15. The fourth-order valence-electron chi connectivity index (χ4n) is 3.34. The van der Waals surface area contributed by atoms with Crippen LogP contribution in [0.3, 0.4) is 0 Å². The van der Waals surface area contributed by atoms with Gasteiger partial charge in [0.05, 0.1) is 13.2 Å². The maximum Gasteiger partial charge on any atom is 0.253 e. The molecule has 1 aliphatic rings. The molecule has 6 heteroatoms. The average molecular weight is 361 g/mol. The first-order chi connectivity index (χ1) is 12.6. The van der Waals surface area contributed by atoms with Crippen LogP contribution in [0.2, 0.25) is 0 Å². The zero-order valence-corrected chi connectivity index (χ0v) is 16.2. The van der Waals surface area contributed by atoms with E-state index in [9.17, 15) is 9.59 Å². The molecule has 0 aromatic heterocycles. The van der Waals surface area contributed by atoms with Gasteiger partial charge in [-0.3, -0.25) is 14.5 Å². The Morgan fingerprint density at radius 2 is 1.88 bits per heavy atom. The summed E-state index contributed by atoms with van der Waals surface area (Å²) in [6.07, 6.45) is 0.884. The van der Waals surface area contributed by atoms with E-state index in [4.69, 9.17) is 4.74 Å². The van der Waals surface area contributed by atoms with Gasteiger partial charge in [-0.2, -0.15) is 0 Å². The van der Waals surface area contributed by atoms with E-state index < -0.39 is 0 Å². The van der Waals surface area contributed by atoms with Crippen molar-refractivity contribution < 1.29 is 14.3 Å². The molecule has 2 rings (SSSR count). The summed E-state index contributed by atoms with van der Waals surface area (Å²) in [7, 11) is 1.65. The molecule has 6 nitrogen and oxygen atoms in total. The Kier molecular flexibility index (Phi) is 8.06. The minimum Gasteiger partial charge on any atom is -0.380 e. The molecule has 1 fully saturated rings. The van der Waals surface area contributed by atoms with Gasteiger partial charge in [0, 0.05) is 51.9 Å². The van der Waals surface area contributed by atoms with Gasteiger partial charge in [0.2, 0.25) is 5.91 Å². The summed E-state index contributed by atoms with van der Waals surface area (Å²) in [6, 6.07) is 7.62. The number of benzene rings is 1. The molecule has 26 heavy (non-hydrogen) atoms. The van der Waals surface area contributed by atoms with Gasteiger partial charge in [-0.05, 0) is 38.0 Å². The Morgan fingerprint density at radius 3 is 2.58 bits per heavy atom. The smallest absolute Gasteiger partial charge is 0.253 e. The second kappa shape index (κ2) is 10.3. The van der Waals surface area contributed by atoms with Crippen molar-refractivity contribution in [3.8, 4) is 0 Å². The molecule has 0 N–H and O–H groups in total. The van der Waals surface area contributed by atoms with Crippen LogP contribution in [0.15, 0.2) is 24.3 Å². The van der Waals surface area contributed by atoms with Crippen LogP contribution in [0.1, 0.15) is 36.2 Å². The summed E-state index contributed by atoms with van der Waals surface area (Å²) >= 11 is 0. The van der Waals surface area contributed by atoms with E-state index in [1.807, 2.05) is 47.9 Å². The Balaban J connectivity index is 1.94. The molecule has 0 saturated carbocycles. The van der Waals surface area contributed by atoms with Crippen LogP contribution in [0.25, 0.3) is 0 Å². The van der Waals surface area contributed by atoms with Gasteiger partial charge in [0.15, 0.2) is 0 Å². The monoisotopic (exact) mass is 361 g/mol. The highest BCUT2D eigenvalue weighted by Crippen LogP contribution is 2.12. The average Bonchev–Trinajstić information content (AvgIpc) is 2.88. The van der Waals surface area contributed by atoms with E-state index in [0.29, 0.717) is 25.3 Å². The van der Waals surface area contributed by atoms with Crippen molar-refractivity contribution in [1.82, 2.24) is 14.7 Å². The largest absolute Gasteiger partial charge is 0.380 e. The maximum absolute atomic E-state index is 12.8. The third-order valence-electron chi connectivity index (χ3n) is 4.84. The van der Waals surface area contributed by atoms with E-state index >= 15 is 0 Å². The predicted molar refractivity (Wildman–Crippen MR) is 102 cm³/mol. The normalized spacial score (nSPS) is 15.6. The van der Waals surface area contributed by atoms with Crippen LogP contribution in [0.4, 0.5) is 0 Å². The lowest BCUT2D eigenvalue weighted by atomic mass is 10.1. The van der Waals surface area contributed by atoms with E-state index in [1.165, 1.54) is 0 Å². The Hall–Kier alpha value is -1.92. The Labute approximate surface area is 156 Å². The lowest BCUT2D eigenvalue weighted by Gasteiger charge is -2.25. The maximum atomic E-state index is 12.8. The van der Waals surface area contributed by atoms with Crippen LogP contribution < -0.4 is 0 Å². The fourth-order valence-corrected chi connectivity index (χ4v) is 3.34. The first-order valence-corrected chi connectivity index (χ1v) is 9.46. The summed E-state index contributed by atoms with van der Waals surface area (Å²) in [5, 5.41) is 0. The van der Waals surface area contributed by atoms with E-state index in [2.05, 4.69) is 4.90 Å². The van der Waals surface area contributed by atoms with Gasteiger partial charge in [-0.1, -0.05) is 12.1 Å². The van der Waals surface area contributed by atoms with Crippen LogP contribution in [0.5, 0.6) is 0 Å². The highest BCUT2D eigenvalue weighted by molar-refractivity contribution is 5.94. The minimum atomic E-state index is 0.0554. The summed E-state index contributed by atoms with van der Waals surface area (Å²) in [5.74, 6) is 0.224. The molecule has 0 bridgehead atoms. The second-order valence-corrected chi connectivity index (χ2v) is 6.62. The number of hydrogen-bond acceptors (Lipinski definition) is 4. The Bertz CT molecular complexity index is 602. The highest BCUT2D eigenvalue weighted by Gasteiger charge is 2.22. The van der Waals surface area contributed by atoms with Crippen molar-refractivity contribution in [2.45, 2.75) is 26.9 Å². The second-order valence-electron chi connectivity index (χ2n) is 6.62. The quantitative estimate of drug-likeness (QED) is 0.744. The molecule has 0 unspecified atom stereocenters. The van der Waals surface area contributed by atoms with Crippen LogP contribution >= 0.6 is 0 Å². The Morgan fingerprint density at radius 1 is 1.12 bits per heavy atom. The third kappa shape index (κ3) is 5.54. The zero-order chi connectivity index (χ0) is 18.9. The molecule has 1 saturated heterocycles. The van der Waals surface area contributed by atoms with Gasteiger partial charge in [-0.15, -0.1) is 0 Å². The standard InChI is InChI=1S/C20H31N3O3/c1-4-22(5-2)19(24)15-21-10-7-11-23(13-12-21)20(25)18-9-6-8-17(14-18)16-26-3/h6,8-9,14H,4-5,7,10-13,15-16H2,1-3H3. The van der Waals surface area contributed by atoms with Crippen molar-refractivity contribution in [1.29, 1.82) is 0 Å². The molecule has 0 radical (unpaired) electrons. The van der Waals surface area contributed by atoms with Crippen molar-refractivity contribution in [2.24, 2.45) is 0 Å². The first-order valence-electron chi connectivity index (χ1n) is 9.46. The molecular weight excluding hydrogens is 330 g/mol. The minimum absolute atomic E-state index is 0.0554. The topological polar surface area (TPSA) is 53.1 Å². The molecular formula is C20H31N3O3. The summed E-state index contributed by atoms with van der Waals surface area (Å²) in [5.41, 5.74) is 1.70. The van der Waals surface area contributed by atoms with Crippen LogP contribution in [-0.4, -0.2) is 79.4 Å². The van der Waals surface area contributed by atoms with Gasteiger partial charge >= 0.3 is 0 Å². The van der Waals surface area contributed by atoms with Crippen molar-refractivity contribution >= 4 is 11.8 Å². The lowest BCUT2D eigenvalue weighted by molar-refractivity contribution is -0.132. The number of rotatable bonds is 7. The fraction of sp³-hybridized carbons (Fsp3) is 0.600. The number of carbonyl (C=O) groups excluding carboxylic acids is 2. The lowest BCUT2D eigenvalue weighted by Crippen LogP contribution is -2.42. The van der Waals surface area contributed by atoms with Crippen LogP contribution in [-0.2, 0) is 16.1 Å². The van der Waals surface area contributed by atoms with E-state index in [0.717, 1.165) is 44.7 Å². The number of ether oxygens (including phenoxy) is 1. The number of nitrogens with zero attached hydrogens (tertiary/aromatic N) is 3. The van der Waals surface area contributed by atoms with Crippen LogP contribution in [0, 0.1) is 0 Å².